The number of rotatable bonds is 7. The molecular weight excluding hydrogens is 302 g/mol. The Labute approximate surface area is 121 Å². The first kappa shape index (κ1) is 16.8. The zero-order valence-electron chi connectivity index (χ0n) is 11.0. The zero-order chi connectivity index (χ0) is 15.2. The first-order valence-electron chi connectivity index (χ1n) is 5.94. The van der Waals surface area contributed by atoms with E-state index in [1.54, 1.807) is 0 Å². The van der Waals surface area contributed by atoms with E-state index in [4.69, 9.17) is 5.73 Å². The van der Waals surface area contributed by atoms with Crippen LogP contribution in [0.3, 0.4) is 0 Å². The molecular formula is C11H17N3O4S2. The number of nitrogens with two attached hydrogens (primary N) is 1. The third-order valence-corrected chi connectivity index (χ3v) is 4.61. The Hall–Kier alpha value is -1.29. The summed E-state index contributed by atoms with van der Waals surface area (Å²) >= 11 is -2.09. The van der Waals surface area contributed by atoms with Gasteiger partial charge in [-0.25, -0.2) is 17.9 Å². The topological polar surface area (TPSA) is 124 Å². The van der Waals surface area contributed by atoms with Gasteiger partial charge in [-0.1, -0.05) is 19.4 Å². The highest BCUT2D eigenvalue weighted by Crippen LogP contribution is 2.16. The van der Waals surface area contributed by atoms with E-state index in [2.05, 4.69) is 9.44 Å². The summed E-state index contributed by atoms with van der Waals surface area (Å²) in [6, 6.07) is 5.67. The summed E-state index contributed by atoms with van der Waals surface area (Å²) in [5, 5.41) is -1.03. The Bertz CT molecular complexity index is 563. The molecule has 1 amide bonds. The maximum atomic E-state index is 12.0. The number of hydrogen-bond donors (Lipinski definition) is 3. The molecule has 0 aliphatic carbocycles. The highest BCUT2D eigenvalue weighted by Gasteiger charge is 2.18. The zero-order valence-corrected chi connectivity index (χ0v) is 12.6. The smallest absolute Gasteiger partial charge is 0.451 e. The minimum atomic E-state index is -3.62. The minimum absolute atomic E-state index is 0.0278. The molecule has 0 fully saturated rings. The molecule has 0 aliphatic rings. The van der Waals surface area contributed by atoms with Crippen molar-refractivity contribution in [3.05, 3.63) is 24.3 Å². The normalized spacial score (nSPS) is 12.9. The van der Waals surface area contributed by atoms with Crippen LogP contribution in [0.15, 0.2) is 29.2 Å². The third-order valence-electron chi connectivity index (χ3n) is 2.36. The number of amides is 1. The van der Waals surface area contributed by atoms with Crippen molar-refractivity contribution in [2.24, 2.45) is 5.73 Å². The van der Waals surface area contributed by atoms with Crippen LogP contribution in [-0.2, 0) is 21.4 Å². The van der Waals surface area contributed by atoms with Crippen molar-refractivity contribution in [3.8, 4) is 0 Å². The van der Waals surface area contributed by atoms with Gasteiger partial charge in [-0.05, 0) is 24.6 Å². The van der Waals surface area contributed by atoms with Crippen LogP contribution in [0.5, 0.6) is 0 Å². The number of primary amides is 1. The molecule has 1 aromatic carbocycles. The minimum Gasteiger partial charge on any atom is -0.584 e. The summed E-state index contributed by atoms with van der Waals surface area (Å²) < 4.78 is 40.0. The van der Waals surface area contributed by atoms with Gasteiger partial charge in [-0.2, -0.15) is 4.72 Å². The Morgan fingerprint density at radius 2 is 2.15 bits per heavy atom. The highest BCUT2D eigenvalue weighted by molar-refractivity contribution is 8.07. The molecule has 1 rings (SSSR count). The van der Waals surface area contributed by atoms with Crippen LogP contribution >= 0.6 is 0 Å². The Balaban J connectivity index is 2.84. The van der Waals surface area contributed by atoms with E-state index in [1.165, 1.54) is 24.3 Å². The summed E-state index contributed by atoms with van der Waals surface area (Å²) in [5.41, 5.74) is 5.09. The number of sulfonamides is 1. The van der Waals surface area contributed by atoms with Gasteiger partial charge in [-0.3, -0.25) is 0 Å². The maximum absolute atomic E-state index is 12.0. The average Bonchev–Trinajstić information content (AvgIpc) is 2.39. The molecule has 0 radical (unpaired) electrons. The second-order valence-electron chi connectivity index (χ2n) is 3.97. The SMILES string of the molecule is CCCCNS(=O)(=O)c1cccc(N[S+]([O-])C(N)=O)c1. The van der Waals surface area contributed by atoms with Crippen LogP contribution in [0.25, 0.3) is 0 Å². The highest BCUT2D eigenvalue weighted by atomic mass is 32.2. The van der Waals surface area contributed by atoms with Gasteiger partial charge in [0.1, 0.15) is 0 Å². The van der Waals surface area contributed by atoms with Crippen LogP contribution in [0.1, 0.15) is 19.8 Å². The maximum Gasteiger partial charge on any atom is 0.451 e. The summed E-state index contributed by atoms with van der Waals surface area (Å²) in [5.74, 6) is 0. The standard InChI is InChI=1S/C11H17N3O4S2/c1-2-3-7-13-20(17,18)10-6-4-5-9(8-10)14-19(16)11(12)15/h4-6,8,13-14H,2-3,7H2,1H3,(H2,12,15). The summed E-state index contributed by atoms with van der Waals surface area (Å²) in [4.78, 5) is 10.7. The van der Waals surface area contributed by atoms with Crippen molar-refractivity contribution >= 4 is 32.3 Å². The van der Waals surface area contributed by atoms with E-state index in [-0.39, 0.29) is 10.6 Å². The Morgan fingerprint density at radius 1 is 1.45 bits per heavy atom. The van der Waals surface area contributed by atoms with E-state index in [0.717, 1.165) is 12.8 Å². The van der Waals surface area contributed by atoms with Crippen LogP contribution in [0.2, 0.25) is 0 Å². The fourth-order valence-electron chi connectivity index (χ4n) is 1.35. The van der Waals surface area contributed by atoms with Gasteiger partial charge in [0.25, 0.3) is 0 Å². The Kier molecular flexibility index (Phi) is 6.27. The number of nitrogens with one attached hydrogen (secondary N) is 2. The van der Waals surface area contributed by atoms with E-state index in [1.807, 2.05) is 6.92 Å². The molecule has 0 saturated heterocycles. The monoisotopic (exact) mass is 319 g/mol. The second kappa shape index (κ2) is 7.48. The van der Waals surface area contributed by atoms with E-state index < -0.39 is 26.6 Å². The molecule has 9 heteroatoms. The molecule has 20 heavy (non-hydrogen) atoms. The first-order valence-corrected chi connectivity index (χ1v) is 8.57. The fourth-order valence-corrected chi connectivity index (χ4v) is 2.91. The summed E-state index contributed by atoms with van der Waals surface area (Å²) in [6.07, 6.45) is 1.62. The molecule has 0 heterocycles. The Morgan fingerprint density at radius 3 is 2.75 bits per heavy atom. The molecule has 0 bridgehead atoms. The van der Waals surface area contributed by atoms with E-state index >= 15 is 0 Å². The van der Waals surface area contributed by atoms with Crippen molar-refractivity contribution < 1.29 is 17.8 Å². The number of anilines is 1. The summed E-state index contributed by atoms with van der Waals surface area (Å²) in [7, 11) is -3.62. The fraction of sp³-hybridized carbons (Fsp3) is 0.364. The molecule has 4 N–H and O–H groups in total. The van der Waals surface area contributed by atoms with Crippen molar-refractivity contribution in [2.75, 3.05) is 11.3 Å². The predicted molar refractivity (Wildman–Crippen MR) is 77.9 cm³/mol. The van der Waals surface area contributed by atoms with Gasteiger partial charge < -0.3 is 10.3 Å². The molecule has 0 saturated carbocycles. The first-order chi connectivity index (χ1) is 9.36. The molecule has 1 aromatic rings. The quantitative estimate of drug-likeness (QED) is 0.509. The number of carbonyl (C=O) groups excluding carboxylic acids is 1. The molecule has 112 valence electrons. The van der Waals surface area contributed by atoms with E-state index in [0.29, 0.717) is 6.54 Å². The number of carbonyl (C=O) groups is 1. The lowest BCUT2D eigenvalue weighted by Crippen LogP contribution is -2.28. The average molecular weight is 319 g/mol. The second-order valence-corrected chi connectivity index (χ2v) is 6.88. The molecule has 0 aliphatic heterocycles. The van der Waals surface area contributed by atoms with Crippen molar-refractivity contribution in [3.63, 3.8) is 0 Å². The molecule has 7 nitrogen and oxygen atoms in total. The molecule has 0 spiro atoms. The van der Waals surface area contributed by atoms with E-state index in [9.17, 15) is 17.8 Å². The van der Waals surface area contributed by atoms with Crippen LogP contribution in [0, 0.1) is 0 Å². The lowest BCUT2D eigenvalue weighted by molar-refractivity contribution is 0.265. The third kappa shape index (κ3) is 5.00. The van der Waals surface area contributed by atoms with Crippen molar-refractivity contribution in [1.29, 1.82) is 0 Å². The van der Waals surface area contributed by atoms with Crippen molar-refractivity contribution in [2.45, 2.75) is 24.7 Å². The van der Waals surface area contributed by atoms with Gasteiger partial charge in [0, 0.05) is 6.54 Å². The molecule has 1 unspecified atom stereocenters. The number of benzene rings is 1. The van der Waals surface area contributed by atoms with Gasteiger partial charge in [0.15, 0.2) is 11.4 Å². The van der Waals surface area contributed by atoms with Gasteiger partial charge in [0.05, 0.1) is 10.6 Å². The largest absolute Gasteiger partial charge is 0.584 e. The molecule has 0 aromatic heterocycles. The summed E-state index contributed by atoms with van der Waals surface area (Å²) in [6.45, 7) is 2.31. The van der Waals surface area contributed by atoms with Gasteiger partial charge in [-0.15, -0.1) is 0 Å². The lowest BCUT2D eigenvalue weighted by Gasteiger charge is -2.10. The van der Waals surface area contributed by atoms with Gasteiger partial charge >= 0.3 is 5.24 Å². The predicted octanol–water partition coefficient (Wildman–Crippen LogP) is 0.919. The van der Waals surface area contributed by atoms with Crippen LogP contribution < -0.4 is 15.2 Å². The lowest BCUT2D eigenvalue weighted by atomic mass is 10.3. The number of unbranched alkanes of at least 4 members (excludes halogenated alkanes) is 1. The van der Waals surface area contributed by atoms with Crippen LogP contribution in [-0.4, -0.2) is 24.8 Å². The van der Waals surface area contributed by atoms with Crippen molar-refractivity contribution in [1.82, 2.24) is 4.72 Å². The number of hydrogen-bond acceptors (Lipinski definition) is 5. The molecule has 1 atom stereocenters. The van der Waals surface area contributed by atoms with Gasteiger partial charge in [0.2, 0.25) is 10.0 Å². The van der Waals surface area contributed by atoms with Crippen LogP contribution in [0.4, 0.5) is 10.5 Å².